The number of hydrogen-bond acceptors (Lipinski definition) is 5. The van der Waals surface area contributed by atoms with Gasteiger partial charge in [-0.05, 0) is 86.3 Å². The molecule has 5 atom stereocenters. The van der Waals surface area contributed by atoms with Crippen LogP contribution in [0.25, 0.3) is 0 Å². The van der Waals surface area contributed by atoms with E-state index in [4.69, 9.17) is 8.67 Å². The monoisotopic (exact) mass is 426 g/mol. The number of allylic oxidation sites excluding steroid dienone is 4. The quantitative estimate of drug-likeness (QED) is 0.539. The first-order chi connectivity index (χ1) is 14.7. The highest BCUT2D eigenvalue weighted by Gasteiger charge is 2.62. The number of fused-ring (bicyclic) bond motifs is 4. The van der Waals surface area contributed by atoms with Gasteiger partial charge in [0.2, 0.25) is 0 Å². The van der Waals surface area contributed by atoms with Crippen molar-refractivity contribution in [3.63, 3.8) is 0 Å². The predicted molar refractivity (Wildman–Crippen MR) is 107 cm³/mol. The van der Waals surface area contributed by atoms with Gasteiger partial charge in [-0.25, -0.2) is 4.18 Å². The van der Waals surface area contributed by atoms with E-state index in [-0.39, 0.29) is 17.6 Å². The molecular weight excluding hydrogens is 393 g/mol. The molecule has 29 heavy (non-hydrogen) atoms. The van der Waals surface area contributed by atoms with Crippen molar-refractivity contribution in [2.24, 2.45) is 22.7 Å². The first-order valence-electron chi connectivity index (χ1n) is 11.8. The summed E-state index contributed by atoms with van der Waals surface area (Å²) in [6, 6.07) is 0. The van der Waals surface area contributed by atoms with E-state index in [1.165, 1.54) is 11.1 Å². The van der Waals surface area contributed by atoms with Crippen LogP contribution in [0.3, 0.4) is 0 Å². The minimum Gasteiger partial charge on any atom is -0.296 e. The minimum atomic E-state index is -5.12. The first kappa shape index (κ1) is 17.4. The normalized spacial score (nSPS) is 40.0. The van der Waals surface area contributed by atoms with Crippen LogP contribution in [0.4, 0.5) is 0 Å². The second-order valence-electron chi connectivity index (χ2n) is 9.45. The molecule has 4 aliphatic carbocycles. The summed E-state index contributed by atoms with van der Waals surface area (Å²) in [5.41, 5.74) is 2.23. The Bertz CT molecular complexity index is 1030. The van der Waals surface area contributed by atoms with E-state index in [1.807, 2.05) is 6.92 Å². The van der Waals surface area contributed by atoms with Crippen molar-refractivity contribution in [1.82, 2.24) is 0 Å². The van der Waals surface area contributed by atoms with E-state index < -0.39 is 40.0 Å². The van der Waals surface area contributed by atoms with Crippen LogP contribution in [-0.2, 0) is 24.2 Å². The van der Waals surface area contributed by atoms with Gasteiger partial charge in [0.15, 0.2) is 11.6 Å². The van der Waals surface area contributed by atoms with E-state index in [0.29, 0.717) is 19.3 Å². The van der Waals surface area contributed by atoms with E-state index in [0.717, 1.165) is 37.7 Å². The van der Waals surface area contributed by atoms with Crippen molar-refractivity contribution >= 4 is 22.0 Å². The van der Waals surface area contributed by atoms with Gasteiger partial charge in [-0.15, -0.1) is 0 Å². The molecule has 7 heteroatoms. The standard InChI is InChI=1S/C22H30O6S/c1-13(28-29(25,26)27)20(24)22(3)11-9-19-18-6-4-14-12-15(23)5-7-16(14)17(18)8-10-21(19,22)2/h12-13,18-19H,4-11H2,1-3H3,(H,25,26,27)/t13-,18?,19?,21-,22+/m0/s1/i1+1D3. The second kappa shape index (κ2) is 6.86. The van der Waals surface area contributed by atoms with Crippen LogP contribution in [0.1, 0.15) is 76.2 Å². The molecule has 0 amide bonds. The van der Waals surface area contributed by atoms with Crippen molar-refractivity contribution in [2.75, 3.05) is 0 Å². The predicted octanol–water partition coefficient (Wildman–Crippen LogP) is 3.98. The molecule has 4 aliphatic rings. The largest absolute Gasteiger partial charge is 0.398 e. The van der Waals surface area contributed by atoms with Crippen molar-refractivity contribution in [2.45, 2.75) is 78.2 Å². The third-order valence-electron chi connectivity index (χ3n) is 8.34. The molecule has 2 saturated carbocycles. The summed E-state index contributed by atoms with van der Waals surface area (Å²) in [5, 5.41) is 0. The number of carbonyl (C=O) groups excluding carboxylic acids is 2. The van der Waals surface area contributed by atoms with Gasteiger partial charge in [0.1, 0.15) is 6.10 Å². The summed E-state index contributed by atoms with van der Waals surface area (Å²) in [4.78, 5) is 25.4. The van der Waals surface area contributed by atoms with Crippen LogP contribution < -0.4 is 0 Å². The van der Waals surface area contributed by atoms with Crippen LogP contribution in [-0.4, -0.2) is 30.6 Å². The maximum absolute atomic E-state index is 13.6. The number of carbonyl (C=O) groups is 2. The topological polar surface area (TPSA) is 97.7 Å². The van der Waals surface area contributed by atoms with Crippen LogP contribution in [0, 0.1) is 22.7 Å². The third kappa shape index (κ3) is 3.26. The number of Topliss-reactive ketones (excluding diaryl/α,β-unsaturated/α-hetero) is 1. The Hall–Kier alpha value is -1.31. The van der Waals surface area contributed by atoms with Crippen molar-refractivity contribution < 1.29 is 30.9 Å². The lowest BCUT2D eigenvalue weighted by Gasteiger charge is -2.52. The lowest BCUT2D eigenvalue weighted by Crippen LogP contribution is -2.50. The fourth-order valence-electron chi connectivity index (χ4n) is 6.66. The molecule has 0 bridgehead atoms. The van der Waals surface area contributed by atoms with Gasteiger partial charge in [0, 0.05) is 15.9 Å². The second-order valence-corrected chi connectivity index (χ2v) is 10.5. The molecule has 0 saturated heterocycles. The summed E-state index contributed by atoms with van der Waals surface area (Å²) >= 11 is 0. The highest BCUT2D eigenvalue weighted by atomic mass is 32.3. The minimum absolute atomic E-state index is 0.162. The van der Waals surface area contributed by atoms with Crippen molar-refractivity contribution in [3.8, 4) is 0 Å². The Kier molecular flexibility index (Phi) is 4.11. The molecule has 0 aliphatic heterocycles. The molecule has 2 fully saturated rings. The summed E-state index contributed by atoms with van der Waals surface area (Å²) in [7, 11) is -5.12. The zero-order chi connectivity index (χ0) is 23.7. The molecule has 6 nitrogen and oxygen atoms in total. The van der Waals surface area contributed by atoms with Crippen LogP contribution in [0.2, 0.25) is 0 Å². The zero-order valence-corrected chi connectivity index (χ0v) is 17.7. The maximum Gasteiger partial charge on any atom is 0.398 e. The third-order valence-corrected chi connectivity index (χ3v) is 8.77. The van der Waals surface area contributed by atoms with Gasteiger partial charge in [0.05, 0.1) is 0 Å². The Morgan fingerprint density at radius 3 is 2.69 bits per heavy atom. The fourth-order valence-corrected chi connectivity index (χ4v) is 6.99. The van der Waals surface area contributed by atoms with Gasteiger partial charge < -0.3 is 0 Å². The van der Waals surface area contributed by atoms with E-state index in [9.17, 15) is 18.0 Å². The van der Waals surface area contributed by atoms with Crippen molar-refractivity contribution in [3.05, 3.63) is 22.8 Å². The molecular formula is C22H30O6S. The molecule has 0 radical (unpaired) electrons. The molecule has 0 aromatic heterocycles. The summed E-state index contributed by atoms with van der Waals surface area (Å²) in [6.45, 7) is 0.724. The van der Waals surface area contributed by atoms with Gasteiger partial charge in [-0.1, -0.05) is 19.4 Å². The Labute approximate surface area is 176 Å². The smallest absolute Gasteiger partial charge is 0.296 e. The van der Waals surface area contributed by atoms with Gasteiger partial charge in [0.25, 0.3) is 0 Å². The average molecular weight is 427 g/mol. The molecule has 0 spiro atoms. The maximum atomic E-state index is 13.6. The van der Waals surface area contributed by atoms with Crippen LogP contribution in [0.15, 0.2) is 22.8 Å². The van der Waals surface area contributed by atoms with Crippen molar-refractivity contribution in [1.29, 1.82) is 0 Å². The molecule has 4 rings (SSSR count). The molecule has 160 valence electrons. The zero-order valence-electron chi connectivity index (χ0n) is 19.9. The summed E-state index contributed by atoms with van der Waals surface area (Å²) in [5.74, 6) is -0.166. The number of hydrogen-bond donors (Lipinski definition) is 1. The number of rotatable bonds is 4. The molecule has 2 unspecified atom stereocenters. The Balaban J connectivity index is 1.69. The highest BCUT2D eigenvalue weighted by Crippen LogP contribution is 2.67. The number of ketones is 2. The van der Waals surface area contributed by atoms with Crippen LogP contribution >= 0.6 is 0 Å². The fraction of sp³-hybridized carbons (Fsp3) is 0.727. The molecule has 0 aromatic rings. The first-order valence-corrected chi connectivity index (χ1v) is 11.7. The molecule has 0 aromatic carbocycles. The molecule has 1 N–H and O–H groups in total. The van der Waals surface area contributed by atoms with E-state index in [2.05, 4.69) is 4.18 Å². The van der Waals surface area contributed by atoms with Crippen LogP contribution in [0.5, 0.6) is 0 Å². The van der Waals surface area contributed by atoms with E-state index >= 15 is 0 Å². The average Bonchev–Trinajstić information content (AvgIpc) is 2.96. The highest BCUT2D eigenvalue weighted by molar-refractivity contribution is 7.80. The molecule has 0 heterocycles. The summed E-state index contributed by atoms with van der Waals surface area (Å²) in [6.07, 6.45) is 5.19. The van der Waals surface area contributed by atoms with Gasteiger partial charge in [-0.2, -0.15) is 8.42 Å². The lowest BCUT2D eigenvalue weighted by atomic mass is 9.51. The van der Waals surface area contributed by atoms with Gasteiger partial charge in [-0.3, -0.25) is 14.1 Å². The lowest BCUT2D eigenvalue weighted by molar-refractivity contribution is -0.143. The van der Waals surface area contributed by atoms with Gasteiger partial charge >= 0.3 is 10.4 Å². The SMILES string of the molecule is [2H][13C]([2H])([2H])[C@H](OS(=O)(=O)O)C(=O)[C@@]1(C)CCC2C3CCC4=CC(=O)CCC4=C3CC[C@@]21C. The Morgan fingerprint density at radius 1 is 1.24 bits per heavy atom. The summed E-state index contributed by atoms with van der Waals surface area (Å²) < 4.78 is 59.2. The van der Waals surface area contributed by atoms with E-state index in [1.54, 1.807) is 13.0 Å². The Morgan fingerprint density at radius 2 is 2.00 bits per heavy atom.